The number of methoxy groups -OCH3 is 1. The third kappa shape index (κ3) is 5.07. The third-order valence-corrected chi connectivity index (χ3v) is 8.46. The Morgan fingerprint density at radius 2 is 1.97 bits per heavy atom. The van der Waals surface area contributed by atoms with E-state index in [-0.39, 0.29) is 17.0 Å². The van der Waals surface area contributed by atoms with Crippen molar-refractivity contribution >= 4 is 54.3 Å². The first kappa shape index (κ1) is 23.6. The van der Waals surface area contributed by atoms with Gasteiger partial charge in [-0.15, -0.1) is 11.3 Å². The van der Waals surface area contributed by atoms with Gasteiger partial charge in [0.2, 0.25) is 0 Å². The van der Waals surface area contributed by atoms with Gasteiger partial charge in [-0.05, 0) is 37.1 Å². The quantitative estimate of drug-likeness (QED) is 0.261. The molecule has 0 spiro atoms. The molecular formula is C22H25ClFNO4SSi. The standard InChI is InChI=1S/C22H25ClFNO4SSi/c1-13-22(8-9-31(3,4)5,14-10-17(28-2)15(24)11-16(14)25-13)12-20(26)29-21(27)18-6-7-19(23)30-18/h6-7,10-11H,8-9,12H2,1-5H3. The highest BCUT2D eigenvalue weighted by Crippen LogP contribution is 2.48. The molecule has 0 saturated heterocycles. The van der Waals surface area contributed by atoms with Crippen molar-refractivity contribution in [3.05, 3.63) is 44.9 Å². The number of fused-ring (bicyclic) bond motifs is 1. The summed E-state index contributed by atoms with van der Waals surface area (Å²) in [5.74, 6) is -1.80. The summed E-state index contributed by atoms with van der Waals surface area (Å²) < 4.78 is 25.0. The Kier molecular flexibility index (Phi) is 6.74. The van der Waals surface area contributed by atoms with Crippen LogP contribution in [0.2, 0.25) is 30.0 Å². The fourth-order valence-corrected chi connectivity index (χ4v) is 5.83. The van der Waals surface area contributed by atoms with Crippen molar-refractivity contribution in [3.8, 4) is 5.75 Å². The number of aliphatic imine (C=N–C) groups is 1. The molecule has 0 amide bonds. The second-order valence-corrected chi connectivity index (χ2v) is 16.2. The van der Waals surface area contributed by atoms with Crippen molar-refractivity contribution in [1.82, 2.24) is 0 Å². The fourth-order valence-electron chi connectivity index (χ4n) is 3.73. The summed E-state index contributed by atoms with van der Waals surface area (Å²) in [4.78, 5) is 30.1. The van der Waals surface area contributed by atoms with Crippen LogP contribution >= 0.6 is 22.9 Å². The average Bonchev–Trinajstić information content (AvgIpc) is 3.21. The summed E-state index contributed by atoms with van der Waals surface area (Å²) in [5, 5.41) is 0. The van der Waals surface area contributed by atoms with Crippen molar-refractivity contribution in [3.63, 3.8) is 0 Å². The third-order valence-electron chi connectivity index (χ3n) is 5.50. The Morgan fingerprint density at radius 3 is 2.55 bits per heavy atom. The van der Waals surface area contributed by atoms with Crippen LogP contribution in [0.3, 0.4) is 0 Å². The molecule has 1 unspecified atom stereocenters. The zero-order valence-electron chi connectivity index (χ0n) is 18.2. The number of carbonyl (C=O) groups excluding carboxylic acids is 2. The van der Waals surface area contributed by atoms with Gasteiger partial charge in [0.05, 0.1) is 23.6 Å². The van der Waals surface area contributed by atoms with Gasteiger partial charge < -0.3 is 9.47 Å². The molecule has 9 heteroatoms. The van der Waals surface area contributed by atoms with Crippen LogP contribution in [0.15, 0.2) is 29.3 Å². The smallest absolute Gasteiger partial charge is 0.356 e. The molecule has 0 N–H and O–H groups in total. The highest BCUT2D eigenvalue weighted by molar-refractivity contribution is 7.17. The largest absolute Gasteiger partial charge is 0.494 e. The number of nitrogens with zero attached hydrogens (tertiary/aromatic N) is 1. The van der Waals surface area contributed by atoms with Gasteiger partial charge in [0, 0.05) is 25.3 Å². The van der Waals surface area contributed by atoms with E-state index in [4.69, 9.17) is 21.1 Å². The number of benzene rings is 1. The summed E-state index contributed by atoms with van der Waals surface area (Å²) in [6.45, 7) is 8.58. The van der Waals surface area contributed by atoms with E-state index in [2.05, 4.69) is 24.6 Å². The minimum absolute atomic E-state index is 0.0700. The number of hydrogen-bond donors (Lipinski definition) is 0. The molecule has 5 nitrogen and oxygen atoms in total. The molecule has 1 aromatic heterocycles. The maximum absolute atomic E-state index is 14.3. The zero-order valence-corrected chi connectivity index (χ0v) is 20.7. The number of ether oxygens (including phenoxy) is 2. The van der Waals surface area contributed by atoms with Gasteiger partial charge in [-0.25, -0.2) is 9.18 Å². The van der Waals surface area contributed by atoms with Crippen molar-refractivity contribution in [2.45, 2.75) is 50.9 Å². The van der Waals surface area contributed by atoms with Crippen LogP contribution < -0.4 is 4.74 Å². The molecule has 2 aromatic rings. The van der Waals surface area contributed by atoms with Crippen LogP contribution in [0.1, 0.15) is 35.0 Å². The van der Waals surface area contributed by atoms with Gasteiger partial charge in [-0.2, -0.15) is 0 Å². The second kappa shape index (κ2) is 8.84. The molecule has 1 aliphatic rings. The van der Waals surface area contributed by atoms with Crippen molar-refractivity contribution in [2.75, 3.05) is 7.11 Å². The molecule has 0 radical (unpaired) electrons. The molecule has 0 saturated carbocycles. The van der Waals surface area contributed by atoms with Gasteiger partial charge in [0.1, 0.15) is 4.88 Å². The molecule has 1 aromatic carbocycles. The predicted octanol–water partition coefficient (Wildman–Crippen LogP) is 6.40. The molecule has 31 heavy (non-hydrogen) atoms. The van der Waals surface area contributed by atoms with Gasteiger partial charge in [-0.1, -0.05) is 37.3 Å². The monoisotopic (exact) mass is 481 g/mol. The van der Waals surface area contributed by atoms with Crippen LogP contribution in [0, 0.1) is 5.82 Å². The summed E-state index contributed by atoms with van der Waals surface area (Å²) in [5.41, 5.74) is 1.14. The van der Waals surface area contributed by atoms with Crippen LogP contribution in [-0.4, -0.2) is 32.8 Å². The molecule has 1 atom stereocenters. The summed E-state index contributed by atoms with van der Waals surface area (Å²) in [7, 11) is -0.0816. The van der Waals surface area contributed by atoms with Crippen molar-refractivity contribution < 1.29 is 23.5 Å². The lowest BCUT2D eigenvalue weighted by Crippen LogP contribution is -2.37. The predicted molar refractivity (Wildman–Crippen MR) is 125 cm³/mol. The first-order valence-corrected chi connectivity index (χ1v) is 14.8. The summed E-state index contributed by atoms with van der Waals surface area (Å²) in [6.07, 6.45) is 0.577. The van der Waals surface area contributed by atoms with E-state index in [0.717, 1.165) is 22.9 Å². The number of thiophene rings is 1. The minimum Gasteiger partial charge on any atom is -0.494 e. The number of rotatable bonds is 7. The first-order valence-electron chi connectivity index (χ1n) is 9.89. The van der Waals surface area contributed by atoms with E-state index in [0.29, 0.717) is 22.2 Å². The summed E-state index contributed by atoms with van der Waals surface area (Å²) in [6, 6.07) is 6.96. The van der Waals surface area contributed by atoms with E-state index in [1.54, 1.807) is 12.1 Å². The molecule has 0 bridgehead atoms. The van der Waals surface area contributed by atoms with E-state index in [1.165, 1.54) is 19.2 Å². The molecule has 0 aliphatic carbocycles. The summed E-state index contributed by atoms with van der Waals surface area (Å²) >= 11 is 6.92. The SMILES string of the molecule is COc1cc2c(cc1F)N=C(C)C2(CC[Si](C)(C)C)CC(=O)OC(=O)c1ccc(Cl)s1. The first-order chi connectivity index (χ1) is 14.4. The lowest BCUT2D eigenvalue weighted by atomic mass is 9.73. The normalized spacial score (nSPS) is 17.8. The molecular weight excluding hydrogens is 457 g/mol. The lowest BCUT2D eigenvalue weighted by Gasteiger charge is -2.32. The number of halogens is 2. The average molecular weight is 482 g/mol. The van der Waals surface area contributed by atoms with Crippen molar-refractivity contribution in [1.29, 1.82) is 0 Å². The van der Waals surface area contributed by atoms with Crippen LogP contribution in [0.5, 0.6) is 5.75 Å². The maximum atomic E-state index is 14.3. The Bertz CT molecular complexity index is 1060. The molecule has 166 valence electrons. The van der Waals surface area contributed by atoms with Crippen molar-refractivity contribution in [2.24, 2.45) is 4.99 Å². The Hall–Kier alpha value is -2.03. The van der Waals surface area contributed by atoms with Crippen LogP contribution in [0.25, 0.3) is 0 Å². The van der Waals surface area contributed by atoms with Gasteiger partial charge in [-0.3, -0.25) is 9.79 Å². The topological polar surface area (TPSA) is 65.0 Å². The van der Waals surface area contributed by atoms with E-state index < -0.39 is 31.2 Å². The van der Waals surface area contributed by atoms with Crippen LogP contribution in [-0.2, 0) is 14.9 Å². The van der Waals surface area contributed by atoms with Crippen LogP contribution in [0.4, 0.5) is 10.1 Å². The molecule has 3 rings (SSSR count). The maximum Gasteiger partial charge on any atom is 0.356 e. The number of esters is 2. The van der Waals surface area contributed by atoms with Gasteiger partial charge in [0.15, 0.2) is 11.6 Å². The van der Waals surface area contributed by atoms with E-state index in [9.17, 15) is 14.0 Å². The molecule has 2 heterocycles. The Morgan fingerprint density at radius 1 is 1.26 bits per heavy atom. The van der Waals surface area contributed by atoms with Gasteiger partial charge >= 0.3 is 11.9 Å². The molecule has 1 aliphatic heterocycles. The minimum atomic E-state index is -1.48. The second-order valence-electron chi connectivity index (χ2n) is 8.89. The van der Waals surface area contributed by atoms with E-state index in [1.807, 2.05) is 6.92 Å². The highest BCUT2D eigenvalue weighted by Gasteiger charge is 2.45. The van der Waals surface area contributed by atoms with E-state index >= 15 is 0 Å². The highest BCUT2D eigenvalue weighted by atomic mass is 35.5. The van der Waals surface area contributed by atoms with Gasteiger partial charge in [0.25, 0.3) is 0 Å². The Balaban J connectivity index is 1.95. The lowest BCUT2D eigenvalue weighted by molar-refractivity contribution is -0.138. The fraction of sp³-hybridized carbons (Fsp3) is 0.409. The Labute approximate surface area is 191 Å². The zero-order chi connectivity index (χ0) is 23.0. The molecule has 0 fully saturated rings. The number of carbonyl (C=O) groups is 2. The number of hydrogen-bond acceptors (Lipinski definition) is 6.